The highest BCUT2D eigenvalue weighted by molar-refractivity contribution is 5.37. The zero-order chi connectivity index (χ0) is 14.1. The van der Waals surface area contributed by atoms with Gasteiger partial charge in [0.25, 0.3) is 0 Å². The van der Waals surface area contributed by atoms with Gasteiger partial charge in [0.2, 0.25) is 0 Å². The molecule has 1 rings (SSSR count). The average Bonchev–Trinajstić information content (AvgIpc) is 2.13. The Morgan fingerprint density at radius 2 is 1.56 bits per heavy atom. The van der Waals surface area contributed by atoms with Crippen molar-refractivity contribution in [2.24, 2.45) is 0 Å². The van der Waals surface area contributed by atoms with Crippen LogP contribution in [0.1, 0.15) is 65.3 Å². The van der Waals surface area contributed by atoms with Gasteiger partial charge in [-0.15, -0.1) is 0 Å². The molecule has 0 aliphatic carbocycles. The van der Waals surface area contributed by atoms with Gasteiger partial charge in [-0.2, -0.15) is 0 Å². The Morgan fingerprint density at radius 3 is 1.94 bits per heavy atom. The molecule has 0 aliphatic rings. The SMILES string of the molecule is C=C(C)Cc1cc(C(C)(C)C)c(C(C)(C)C)cn1. The van der Waals surface area contributed by atoms with Crippen LogP contribution in [0.25, 0.3) is 0 Å². The van der Waals surface area contributed by atoms with Gasteiger partial charge in [0, 0.05) is 18.3 Å². The van der Waals surface area contributed by atoms with Crippen molar-refractivity contribution in [1.82, 2.24) is 4.98 Å². The maximum atomic E-state index is 4.60. The number of allylic oxidation sites excluding steroid dienone is 1. The zero-order valence-electron chi connectivity index (χ0n) is 13.0. The summed E-state index contributed by atoms with van der Waals surface area (Å²) in [7, 11) is 0. The second kappa shape index (κ2) is 4.87. The first-order valence-electron chi connectivity index (χ1n) is 6.66. The Morgan fingerprint density at radius 1 is 1.06 bits per heavy atom. The fourth-order valence-corrected chi connectivity index (χ4v) is 2.12. The highest BCUT2D eigenvalue weighted by atomic mass is 14.7. The van der Waals surface area contributed by atoms with Crippen LogP contribution < -0.4 is 0 Å². The third kappa shape index (κ3) is 3.69. The predicted molar refractivity (Wildman–Crippen MR) is 80.2 cm³/mol. The van der Waals surface area contributed by atoms with Crippen LogP contribution in [0.2, 0.25) is 0 Å². The van der Waals surface area contributed by atoms with Gasteiger partial charge in [0.05, 0.1) is 0 Å². The van der Waals surface area contributed by atoms with Crippen LogP contribution in [-0.2, 0) is 17.3 Å². The van der Waals surface area contributed by atoms with E-state index >= 15 is 0 Å². The fraction of sp³-hybridized carbons (Fsp3) is 0.588. The molecule has 0 amide bonds. The van der Waals surface area contributed by atoms with E-state index in [-0.39, 0.29) is 10.8 Å². The molecular weight excluding hydrogens is 218 g/mol. The van der Waals surface area contributed by atoms with E-state index in [9.17, 15) is 0 Å². The molecule has 100 valence electrons. The number of pyridine rings is 1. The van der Waals surface area contributed by atoms with Crippen LogP contribution in [0, 0.1) is 0 Å². The van der Waals surface area contributed by atoms with Crippen molar-refractivity contribution in [3.8, 4) is 0 Å². The van der Waals surface area contributed by atoms with E-state index in [1.54, 1.807) is 0 Å². The Hall–Kier alpha value is -1.11. The lowest BCUT2D eigenvalue weighted by molar-refractivity contribution is 0.526. The second-order valence-corrected chi connectivity index (χ2v) is 7.36. The summed E-state index contributed by atoms with van der Waals surface area (Å²) in [4.78, 5) is 4.60. The first kappa shape index (κ1) is 14.9. The first-order valence-corrected chi connectivity index (χ1v) is 6.66. The minimum atomic E-state index is 0.136. The van der Waals surface area contributed by atoms with E-state index in [0.29, 0.717) is 0 Å². The fourth-order valence-electron chi connectivity index (χ4n) is 2.12. The van der Waals surface area contributed by atoms with Crippen molar-refractivity contribution >= 4 is 0 Å². The van der Waals surface area contributed by atoms with Crippen molar-refractivity contribution in [2.45, 2.75) is 65.7 Å². The maximum absolute atomic E-state index is 4.60. The van der Waals surface area contributed by atoms with Crippen LogP contribution in [-0.4, -0.2) is 4.98 Å². The molecule has 0 spiro atoms. The summed E-state index contributed by atoms with van der Waals surface area (Å²) in [6.45, 7) is 19.6. The summed E-state index contributed by atoms with van der Waals surface area (Å²) in [5.41, 5.74) is 5.32. The summed E-state index contributed by atoms with van der Waals surface area (Å²) in [6.07, 6.45) is 2.92. The van der Waals surface area contributed by atoms with Crippen molar-refractivity contribution in [1.29, 1.82) is 0 Å². The summed E-state index contributed by atoms with van der Waals surface area (Å²) in [5, 5.41) is 0. The molecule has 1 heteroatoms. The molecule has 1 heterocycles. The Balaban J connectivity index is 3.35. The quantitative estimate of drug-likeness (QED) is 0.682. The smallest absolute Gasteiger partial charge is 0.0446 e. The molecule has 1 aromatic rings. The van der Waals surface area contributed by atoms with Crippen LogP contribution >= 0.6 is 0 Å². The number of hydrogen-bond acceptors (Lipinski definition) is 1. The van der Waals surface area contributed by atoms with Crippen LogP contribution in [0.3, 0.4) is 0 Å². The van der Waals surface area contributed by atoms with Gasteiger partial charge in [-0.25, -0.2) is 0 Å². The molecule has 0 aromatic carbocycles. The summed E-state index contributed by atoms with van der Waals surface area (Å²) in [6, 6.07) is 2.26. The van der Waals surface area contributed by atoms with E-state index in [0.717, 1.165) is 17.7 Å². The number of rotatable bonds is 2. The molecule has 0 fully saturated rings. The van der Waals surface area contributed by atoms with Gasteiger partial charge < -0.3 is 0 Å². The monoisotopic (exact) mass is 245 g/mol. The highest BCUT2D eigenvalue weighted by Gasteiger charge is 2.25. The van der Waals surface area contributed by atoms with E-state index < -0.39 is 0 Å². The van der Waals surface area contributed by atoms with E-state index in [2.05, 4.69) is 72.3 Å². The van der Waals surface area contributed by atoms with E-state index in [1.165, 1.54) is 11.1 Å². The Bertz CT molecular complexity index is 442. The molecule has 0 aliphatic heterocycles. The maximum Gasteiger partial charge on any atom is 0.0446 e. The van der Waals surface area contributed by atoms with Gasteiger partial charge in [-0.1, -0.05) is 53.7 Å². The summed E-state index contributed by atoms with van der Waals surface area (Å²) in [5.74, 6) is 0. The number of aromatic nitrogens is 1. The van der Waals surface area contributed by atoms with E-state index in [1.807, 2.05) is 0 Å². The van der Waals surface area contributed by atoms with Crippen molar-refractivity contribution in [3.63, 3.8) is 0 Å². The van der Waals surface area contributed by atoms with Gasteiger partial charge >= 0.3 is 0 Å². The van der Waals surface area contributed by atoms with Gasteiger partial charge in [0.15, 0.2) is 0 Å². The van der Waals surface area contributed by atoms with Crippen molar-refractivity contribution in [3.05, 3.63) is 41.2 Å². The summed E-state index contributed by atoms with van der Waals surface area (Å²) >= 11 is 0. The molecule has 0 unspecified atom stereocenters. The van der Waals surface area contributed by atoms with Gasteiger partial charge in [0.1, 0.15) is 0 Å². The molecule has 1 aromatic heterocycles. The van der Waals surface area contributed by atoms with Gasteiger partial charge in [-0.05, 0) is 34.9 Å². The highest BCUT2D eigenvalue weighted by Crippen LogP contribution is 2.33. The first-order chi connectivity index (χ1) is 8.01. The largest absolute Gasteiger partial charge is 0.261 e. The van der Waals surface area contributed by atoms with Crippen molar-refractivity contribution in [2.75, 3.05) is 0 Å². The lowest BCUT2D eigenvalue weighted by Crippen LogP contribution is -2.22. The molecule has 1 nitrogen and oxygen atoms in total. The lowest BCUT2D eigenvalue weighted by atomic mass is 9.76. The Kier molecular flexibility index (Phi) is 4.05. The van der Waals surface area contributed by atoms with Gasteiger partial charge in [-0.3, -0.25) is 4.98 Å². The summed E-state index contributed by atoms with van der Waals surface area (Å²) < 4.78 is 0. The van der Waals surface area contributed by atoms with Crippen molar-refractivity contribution < 1.29 is 0 Å². The average molecular weight is 245 g/mol. The van der Waals surface area contributed by atoms with Crippen LogP contribution in [0.15, 0.2) is 24.4 Å². The molecule has 0 radical (unpaired) electrons. The molecule has 0 bridgehead atoms. The minimum Gasteiger partial charge on any atom is -0.261 e. The molecule has 0 saturated carbocycles. The minimum absolute atomic E-state index is 0.136. The molecular formula is C17H27N. The third-order valence-corrected chi connectivity index (χ3v) is 3.06. The zero-order valence-corrected chi connectivity index (χ0v) is 13.0. The standard InChI is InChI=1S/C17H27N/c1-12(2)9-13-10-14(16(3,4)5)15(11-18-13)17(6,7)8/h10-11H,1,9H2,2-8H3. The Labute approximate surface area is 112 Å². The molecule has 0 atom stereocenters. The van der Waals surface area contributed by atoms with Crippen LogP contribution in [0.5, 0.6) is 0 Å². The normalized spacial score (nSPS) is 12.6. The molecule has 0 N–H and O–H groups in total. The third-order valence-electron chi connectivity index (χ3n) is 3.06. The molecule has 0 saturated heterocycles. The van der Waals surface area contributed by atoms with Crippen LogP contribution in [0.4, 0.5) is 0 Å². The van der Waals surface area contributed by atoms with E-state index in [4.69, 9.17) is 0 Å². The molecule has 18 heavy (non-hydrogen) atoms. The lowest BCUT2D eigenvalue weighted by Gasteiger charge is -2.30. The predicted octanol–water partition coefficient (Wildman–Crippen LogP) is 4.80. The second-order valence-electron chi connectivity index (χ2n) is 7.36. The number of hydrogen-bond donors (Lipinski definition) is 0. The number of nitrogens with zero attached hydrogens (tertiary/aromatic N) is 1. The topological polar surface area (TPSA) is 12.9 Å².